The fourth-order valence-electron chi connectivity index (χ4n) is 2.98. The van der Waals surface area contributed by atoms with Gasteiger partial charge in [0.15, 0.2) is 0 Å². The molecule has 0 bridgehead atoms. The summed E-state index contributed by atoms with van der Waals surface area (Å²) in [5, 5.41) is 13.5. The van der Waals surface area contributed by atoms with Gasteiger partial charge in [-0.2, -0.15) is 0 Å². The SMILES string of the molecule is CCC1CN(CC(O)COC(C)COC)CCC1NC. The molecule has 20 heavy (non-hydrogen) atoms. The van der Waals surface area contributed by atoms with Gasteiger partial charge < -0.3 is 24.8 Å². The summed E-state index contributed by atoms with van der Waals surface area (Å²) in [4.78, 5) is 2.36. The molecule has 0 amide bonds. The summed E-state index contributed by atoms with van der Waals surface area (Å²) in [5.74, 6) is 0.675. The maximum atomic E-state index is 10.1. The van der Waals surface area contributed by atoms with Gasteiger partial charge in [-0.15, -0.1) is 0 Å². The van der Waals surface area contributed by atoms with Crippen molar-refractivity contribution in [2.45, 2.75) is 44.9 Å². The Hall–Kier alpha value is -0.200. The van der Waals surface area contributed by atoms with Crippen LogP contribution in [0.1, 0.15) is 26.7 Å². The topological polar surface area (TPSA) is 54.0 Å². The summed E-state index contributed by atoms with van der Waals surface area (Å²) in [7, 11) is 3.70. The molecule has 1 rings (SSSR count). The summed E-state index contributed by atoms with van der Waals surface area (Å²) in [5.41, 5.74) is 0. The van der Waals surface area contributed by atoms with E-state index in [1.807, 2.05) is 14.0 Å². The number of likely N-dealkylation sites (tertiary alicyclic amines) is 1. The maximum Gasteiger partial charge on any atom is 0.0900 e. The van der Waals surface area contributed by atoms with Gasteiger partial charge in [0.1, 0.15) is 0 Å². The van der Waals surface area contributed by atoms with E-state index in [-0.39, 0.29) is 6.10 Å². The molecular weight excluding hydrogens is 256 g/mol. The molecule has 1 aliphatic heterocycles. The molecule has 0 aromatic rings. The van der Waals surface area contributed by atoms with Crippen LogP contribution in [-0.4, -0.2) is 75.3 Å². The summed E-state index contributed by atoms with van der Waals surface area (Å²) < 4.78 is 10.6. The molecule has 1 fully saturated rings. The maximum absolute atomic E-state index is 10.1. The highest BCUT2D eigenvalue weighted by atomic mass is 16.5. The summed E-state index contributed by atoms with van der Waals surface area (Å²) in [6.07, 6.45) is 1.95. The van der Waals surface area contributed by atoms with Crippen molar-refractivity contribution in [3.8, 4) is 0 Å². The molecule has 2 N–H and O–H groups in total. The van der Waals surface area contributed by atoms with Crippen LogP contribution in [0.15, 0.2) is 0 Å². The van der Waals surface area contributed by atoms with Crippen LogP contribution < -0.4 is 5.32 Å². The van der Waals surface area contributed by atoms with E-state index in [1.165, 1.54) is 6.42 Å². The van der Waals surface area contributed by atoms with E-state index in [4.69, 9.17) is 9.47 Å². The van der Waals surface area contributed by atoms with Crippen LogP contribution in [0.3, 0.4) is 0 Å². The summed E-state index contributed by atoms with van der Waals surface area (Å²) in [6, 6.07) is 0.617. The zero-order chi connectivity index (χ0) is 15.0. The minimum absolute atomic E-state index is 0.0352. The molecule has 0 aromatic carbocycles. The van der Waals surface area contributed by atoms with E-state index < -0.39 is 6.10 Å². The van der Waals surface area contributed by atoms with E-state index >= 15 is 0 Å². The van der Waals surface area contributed by atoms with Crippen LogP contribution in [-0.2, 0) is 9.47 Å². The number of ether oxygens (including phenoxy) is 2. The molecule has 1 heterocycles. The predicted octanol–water partition coefficient (Wildman–Crippen LogP) is 0.719. The molecule has 1 saturated heterocycles. The highest BCUT2D eigenvalue weighted by molar-refractivity contribution is 4.84. The lowest BCUT2D eigenvalue weighted by Gasteiger charge is -2.39. The minimum Gasteiger partial charge on any atom is -0.389 e. The lowest BCUT2D eigenvalue weighted by molar-refractivity contribution is -0.0432. The smallest absolute Gasteiger partial charge is 0.0900 e. The highest BCUT2D eigenvalue weighted by Crippen LogP contribution is 2.20. The van der Waals surface area contributed by atoms with Crippen molar-refractivity contribution in [1.29, 1.82) is 0 Å². The second-order valence-corrected chi connectivity index (χ2v) is 5.86. The first kappa shape index (κ1) is 17.9. The fourth-order valence-corrected chi connectivity index (χ4v) is 2.98. The van der Waals surface area contributed by atoms with Gasteiger partial charge in [0.05, 0.1) is 25.4 Å². The molecule has 0 aliphatic carbocycles. The number of β-amino-alcohol motifs (C(OH)–C–C–N with tert-alkyl or cyclic N) is 1. The van der Waals surface area contributed by atoms with Gasteiger partial charge in [-0.25, -0.2) is 0 Å². The zero-order valence-corrected chi connectivity index (χ0v) is 13.5. The lowest BCUT2D eigenvalue weighted by atomic mass is 9.90. The Morgan fingerprint density at radius 2 is 2.15 bits per heavy atom. The summed E-state index contributed by atoms with van der Waals surface area (Å²) in [6.45, 7) is 7.96. The normalized spacial score (nSPS) is 27.4. The van der Waals surface area contributed by atoms with Crippen molar-refractivity contribution in [3.05, 3.63) is 0 Å². The van der Waals surface area contributed by atoms with Gasteiger partial charge in [0.2, 0.25) is 0 Å². The molecule has 1 aliphatic rings. The van der Waals surface area contributed by atoms with Gasteiger partial charge in [0, 0.05) is 26.2 Å². The molecule has 4 unspecified atom stereocenters. The first-order chi connectivity index (χ1) is 9.60. The molecule has 4 atom stereocenters. The Morgan fingerprint density at radius 3 is 2.75 bits per heavy atom. The summed E-state index contributed by atoms with van der Waals surface area (Å²) >= 11 is 0. The monoisotopic (exact) mass is 288 g/mol. The van der Waals surface area contributed by atoms with Crippen molar-refractivity contribution in [2.75, 3.05) is 47.0 Å². The van der Waals surface area contributed by atoms with E-state index in [0.717, 1.165) is 19.5 Å². The molecule has 5 nitrogen and oxygen atoms in total. The van der Waals surface area contributed by atoms with Crippen LogP contribution in [0, 0.1) is 5.92 Å². The Morgan fingerprint density at radius 1 is 1.40 bits per heavy atom. The second-order valence-electron chi connectivity index (χ2n) is 5.86. The van der Waals surface area contributed by atoms with E-state index in [2.05, 4.69) is 17.1 Å². The molecule has 0 spiro atoms. The number of hydrogen-bond acceptors (Lipinski definition) is 5. The molecule has 0 radical (unpaired) electrons. The van der Waals surface area contributed by atoms with E-state index in [0.29, 0.717) is 31.7 Å². The molecule has 0 aromatic heterocycles. The molecule has 120 valence electrons. The quantitative estimate of drug-likeness (QED) is 0.655. The molecule has 5 heteroatoms. The first-order valence-corrected chi connectivity index (χ1v) is 7.78. The van der Waals surface area contributed by atoms with Crippen LogP contribution >= 0.6 is 0 Å². The predicted molar refractivity (Wildman–Crippen MR) is 81.0 cm³/mol. The number of aliphatic hydroxyl groups is 1. The van der Waals surface area contributed by atoms with Gasteiger partial charge in [-0.3, -0.25) is 0 Å². The number of hydrogen-bond donors (Lipinski definition) is 2. The first-order valence-electron chi connectivity index (χ1n) is 7.78. The number of rotatable bonds is 9. The number of piperidine rings is 1. The van der Waals surface area contributed by atoms with Gasteiger partial charge >= 0.3 is 0 Å². The van der Waals surface area contributed by atoms with Crippen molar-refractivity contribution in [3.63, 3.8) is 0 Å². The van der Waals surface area contributed by atoms with Crippen LogP contribution in [0.2, 0.25) is 0 Å². The minimum atomic E-state index is -0.419. The largest absolute Gasteiger partial charge is 0.389 e. The van der Waals surface area contributed by atoms with Crippen LogP contribution in [0.25, 0.3) is 0 Å². The zero-order valence-electron chi connectivity index (χ0n) is 13.5. The van der Waals surface area contributed by atoms with Gasteiger partial charge in [-0.05, 0) is 32.9 Å². The molecule has 0 saturated carbocycles. The van der Waals surface area contributed by atoms with Crippen molar-refractivity contribution >= 4 is 0 Å². The van der Waals surface area contributed by atoms with Crippen molar-refractivity contribution in [1.82, 2.24) is 10.2 Å². The average Bonchev–Trinajstić information content (AvgIpc) is 2.45. The Kier molecular flexibility index (Phi) is 8.64. The Labute approximate surface area is 123 Å². The number of nitrogens with zero attached hydrogens (tertiary/aromatic N) is 1. The lowest BCUT2D eigenvalue weighted by Crippen LogP contribution is -2.50. The van der Waals surface area contributed by atoms with E-state index in [9.17, 15) is 5.11 Å². The Bertz CT molecular complexity index is 253. The number of aliphatic hydroxyl groups excluding tert-OH is 1. The number of nitrogens with one attached hydrogen (secondary N) is 1. The third-order valence-electron chi connectivity index (χ3n) is 4.16. The van der Waals surface area contributed by atoms with E-state index in [1.54, 1.807) is 7.11 Å². The average molecular weight is 288 g/mol. The highest BCUT2D eigenvalue weighted by Gasteiger charge is 2.27. The third-order valence-corrected chi connectivity index (χ3v) is 4.16. The molecular formula is C15H32N2O3. The second kappa shape index (κ2) is 9.68. The van der Waals surface area contributed by atoms with Crippen LogP contribution in [0.4, 0.5) is 0 Å². The van der Waals surface area contributed by atoms with Crippen molar-refractivity contribution < 1.29 is 14.6 Å². The van der Waals surface area contributed by atoms with Gasteiger partial charge in [-0.1, -0.05) is 13.3 Å². The third kappa shape index (κ3) is 6.06. The van der Waals surface area contributed by atoms with Crippen LogP contribution in [0.5, 0.6) is 0 Å². The fraction of sp³-hybridized carbons (Fsp3) is 1.00. The standard InChI is InChI=1S/C15H32N2O3/c1-5-13-8-17(7-6-15(13)16-3)9-14(18)11-20-12(2)10-19-4/h12-16,18H,5-11H2,1-4H3. The number of methoxy groups -OCH3 is 1. The Balaban J connectivity index is 2.26. The van der Waals surface area contributed by atoms with Crippen molar-refractivity contribution in [2.24, 2.45) is 5.92 Å². The van der Waals surface area contributed by atoms with Gasteiger partial charge in [0.25, 0.3) is 0 Å².